The van der Waals surface area contributed by atoms with E-state index >= 15 is 0 Å². The maximum Gasteiger partial charge on any atom is 0.327 e. The van der Waals surface area contributed by atoms with E-state index in [-0.39, 0.29) is 28.6 Å². The van der Waals surface area contributed by atoms with Crippen molar-refractivity contribution < 1.29 is 28.7 Å². The number of rotatable bonds is 8. The quantitative estimate of drug-likeness (QED) is 0.321. The van der Waals surface area contributed by atoms with Crippen LogP contribution in [0.2, 0.25) is 0 Å². The minimum Gasteiger partial charge on any atom is -0.493 e. The summed E-state index contributed by atoms with van der Waals surface area (Å²) in [5.41, 5.74) is 0.285. The van der Waals surface area contributed by atoms with Gasteiger partial charge in [0.1, 0.15) is 5.56 Å². The Morgan fingerprint density at radius 1 is 0.844 bits per heavy atom. The number of nitro groups is 1. The van der Waals surface area contributed by atoms with E-state index in [4.69, 9.17) is 14.2 Å². The predicted octanol–water partition coefficient (Wildman–Crippen LogP) is 4.10. The molecule has 0 atom stereocenters. The van der Waals surface area contributed by atoms with Crippen LogP contribution in [0.1, 0.15) is 26.3 Å². The summed E-state index contributed by atoms with van der Waals surface area (Å²) in [6.07, 6.45) is 0. The molecule has 0 saturated heterocycles. The molecule has 0 radical (unpaired) electrons. The molecule has 3 rings (SSSR count). The number of amides is 1. The highest BCUT2D eigenvalue weighted by Crippen LogP contribution is 2.46. The number of hydrogen-bond acceptors (Lipinski definition) is 7. The van der Waals surface area contributed by atoms with E-state index in [9.17, 15) is 19.7 Å². The number of ketones is 1. The van der Waals surface area contributed by atoms with Crippen molar-refractivity contribution in [1.82, 2.24) is 0 Å². The Bertz CT molecular complexity index is 1180. The molecule has 1 N–H and O–H groups in total. The molecule has 0 fully saturated rings. The number of nitrogens with one attached hydrogen (secondary N) is 1. The Morgan fingerprint density at radius 2 is 1.50 bits per heavy atom. The molecule has 1 amide bonds. The third-order valence-electron chi connectivity index (χ3n) is 4.65. The van der Waals surface area contributed by atoms with Crippen molar-refractivity contribution in [2.45, 2.75) is 0 Å². The summed E-state index contributed by atoms with van der Waals surface area (Å²) in [5, 5.41) is 14.3. The number of hydrogen-bond donors (Lipinski definition) is 1. The fourth-order valence-corrected chi connectivity index (χ4v) is 3.19. The maximum absolute atomic E-state index is 13.0. The van der Waals surface area contributed by atoms with Crippen molar-refractivity contribution in [1.29, 1.82) is 0 Å². The second kappa shape index (κ2) is 9.61. The van der Waals surface area contributed by atoms with Crippen molar-refractivity contribution >= 4 is 23.1 Å². The first-order valence-corrected chi connectivity index (χ1v) is 9.39. The Kier molecular flexibility index (Phi) is 6.69. The third-order valence-corrected chi connectivity index (χ3v) is 4.65. The molecule has 0 saturated carbocycles. The molecule has 0 unspecified atom stereocenters. The van der Waals surface area contributed by atoms with Gasteiger partial charge in [-0.3, -0.25) is 19.7 Å². The van der Waals surface area contributed by atoms with Gasteiger partial charge in [-0.25, -0.2) is 0 Å². The fourth-order valence-electron chi connectivity index (χ4n) is 3.19. The SMILES string of the molecule is COc1cc(C(=O)Nc2cccc(C(=O)c3ccccc3)c2)c([N+](=O)[O-])c(OC)c1OC. The molecule has 0 aliphatic rings. The summed E-state index contributed by atoms with van der Waals surface area (Å²) in [7, 11) is 3.87. The first-order valence-electron chi connectivity index (χ1n) is 9.39. The minimum atomic E-state index is -0.778. The monoisotopic (exact) mass is 436 g/mol. The van der Waals surface area contributed by atoms with Crippen LogP contribution < -0.4 is 19.5 Å². The van der Waals surface area contributed by atoms with Gasteiger partial charge in [-0.2, -0.15) is 0 Å². The lowest BCUT2D eigenvalue weighted by Gasteiger charge is -2.15. The average molecular weight is 436 g/mol. The smallest absolute Gasteiger partial charge is 0.327 e. The first kappa shape index (κ1) is 22.3. The van der Waals surface area contributed by atoms with E-state index in [1.54, 1.807) is 48.5 Å². The van der Waals surface area contributed by atoms with E-state index in [2.05, 4.69) is 5.32 Å². The topological polar surface area (TPSA) is 117 Å². The molecule has 0 aliphatic heterocycles. The van der Waals surface area contributed by atoms with Gasteiger partial charge in [-0.15, -0.1) is 0 Å². The summed E-state index contributed by atoms with van der Waals surface area (Å²) in [6.45, 7) is 0. The summed E-state index contributed by atoms with van der Waals surface area (Å²) in [5.74, 6) is -1.16. The van der Waals surface area contributed by atoms with Gasteiger partial charge in [0, 0.05) is 22.9 Å². The number of carbonyl (C=O) groups is 2. The molecule has 164 valence electrons. The van der Waals surface area contributed by atoms with E-state index < -0.39 is 16.5 Å². The number of benzene rings is 3. The van der Waals surface area contributed by atoms with Crippen LogP contribution in [0.3, 0.4) is 0 Å². The van der Waals surface area contributed by atoms with Gasteiger partial charge in [0.25, 0.3) is 5.91 Å². The summed E-state index contributed by atoms with van der Waals surface area (Å²) in [4.78, 5) is 36.7. The van der Waals surface area contributed by atoms with Gasteiger partial charge < -0.3 is 19.5 Å². The molecular formula is C23H20N2O7. The Balaban J connectivity index is 1.99. The molecule has 3 aromatic carbocycles. The van der Waals surface area contributed by atoms with Crippen LogP contribution in [0.5, 0.6) is 17.2 Å². The van der Waals surface area contributed by atoms with E-state index in [0.717, 1.165) is 0 Å². The van der Waals surface area contributed by atoms with Gasteiger partial charge in [0.05, 0.1) is 26.3 Å². The van der Waals surface area contributed by atoms with Gasteiger partial charge in [0.15, 0.2) is 11.5 Å². The van der Waals surface area contributed by atoms with Crippen LogP contribution in [0.4, 0.5) is 11.4 Å². The van der Waals surface area contributed by atoms with Crippen molar-refractivity contribution in [3.63, 3.8) is 0 Å². The van der Waals surface area contributed by atoms with Crippen LogP contribution in [-0.4, -0.2) is 37.9 Å². The molecule has 0 aliphatic carbocycles. The predicted molar refractivity (Wildman–Crippen MR) is 117 cm³/mol. The summed E-state index contributed by atoms with van der Waals surface area (Å²) >= 11 is 0. The first-order chi connectivity index (χ1) is 15.4. The number of nitrogens with zero attached hydrogens (tertiary/aromatic N) is 1. The largest absolute Gasteiger partial charge is 0.493 e. The lowest BCUT2D eigenvalue weighted by Crippen LogP contribution is -2.16. The Morgan fingerprint density at radius 3 is 2.09 bits per heavy atom. The van der Waals surface area contributed by atoms with Crippen LogP contribution in [0.25, 0.3) is 0 Å². The van der Waals surface area contributed by atoms with E-state index in [1.165, 1.54) is 33.5 Å². The second-order valence-corrected chi connectivity index (χ2v) is 6.53. The minimum absolute atomic E-state index is 0.00583. The maximum atomic E-state index is 13.0. The van der Waals surface area contributed by atoms with Gasteiger partial charge >= 0.3 is 5.69 Å². The van der Waals surface area contributed by atoms with Crippen LogP contribution in [-0.2, 0) is 0 Å². The van der Waals surface area contributed by atoms with Gasteiger partial charge in [0.2, 0.25) is 11.5 Å². The van der Waals surface area contributed by atoms with Crippen molar-refractivity contribution in [3.8, 4) is 17.2 Å². The van der Waals surface area contributed by atoms with Crippen molar-refractivity contribution in [2.75, 3.05) is 26.6 Å². The molecule has 0 spiro atoms. The van der Waals surface area contributed by atoms with Crippen LogP contribution in [0.15, 0.2) is 60.7 Å². The molecule has 32 heavy (non-hydrogen) atoms. The summed E-state index contributed by atoms with van der Waals surface area (Å²) in [6, 6.07) is 16.2. The molecule has 9 nitrogen and oxygen atoms in total. The third kappa shape index (κ3) is 4.36. The molecule has 9 heteroatoms. The number of ether oxygens (including phenoxy) is 3. The fraction of sp³-hybridized carbons (Fsp3) is 0.130. The lowest BCUT2D eigenvalue weighted by atomic mass is 10.0. The molecule has 0 aromatic heterocycles. The number of anilines is 1. The number of methoxy groups -OCH3 is 3. The highest BCUT2D eigenvalue weighted by atomic mass is 16.6. The lowest BCUT2D eigenvalue weighted by molar-refractivity contribution is -0.386. The Hall–Kier alpha value is -4.40. The van der Waals surface area contributed by atoms with Crippen LogP contribution in [0, 0.1) is 10.1 Å². The number of carbonyl (C=O) groups excluding carboxylic acids is 2. The van der Waals surface area contributed by atoms with Crippen molar-refractivity contribution in [2.24, 2.45) is 0 Å². The molecule has 3 aromatic rings. The molecule has 0 bridgehead atoms. The zero-order valence-electron chi connectivity index (χ0n) is 17.6. The van der Waals surface area contributed by atoms with E-state index in [0.29, 0.717) is 16.8 Å². The zero-order valence-corrected chi connectivity index (χ0v) is 17.6. The molecule has 0 heterocycles. The van der Waals surface area contributed by atoms with Gasteiger partial charge in [-0.1, -0.05) is 42.5 Å². The zero-order chi connectivity index (χ0) is 23.3. The van der Waals surface area contributed by atoms with Gasteiger partial charge in [-0.05, 0) is 12.1 Å². The second-order valence-electron chi connectivity index (χ2n) is 6.53. The average Bonchev–Trinajstić information content (AvgIpc) is 2.82. The van der Waals surface area contributed by atoms with E-state index in [1.807, 2.05) is 0 Å². The molecular weight excluding hydrogens is 416 g/mol. The highest BCUT2D eigenvalue weighted by molar-refractivity contribution is 6.11. The standard InChI is InChI=1S/C23H20N2O7/c1-30-18-13-17(19(25(28)29)22(32-3)21(18)31-2)23(27)24-16-11-7-10-15(12-16)20(26)14-8-5-4-6-9-14/h4-13H,1-3H3,(H,24,27). The highest BCUT2D eigenvalue weighted by Gasteiger charge is 2.32. The van der Waals surface area contributed by atoms with Crippen LogP contribution >= 0.6 is 0 Å². The normalized spacial score (nSPS) is 10.2. The summed E-state index contributed by atoms with van der Waals surface area (Å²) < 4.78 is 15.5. The van der Waals surface area contributed by atoms with Crippen molar-refractivity contribution in [3.05, 3.63) is 87.5 Å². The number of nitro benzene ring substituents is 1. The Labute approximate surface area is 183 Å².